The van der Waals surface area contributed by atoms with Gasteiger partial charge >= 0.3 is 0 Å². The number of nitrogens with one attached hydrogen (secondary N) is 1. The van der Waals surface area contributed by atoms with Gasteiger partial charge in [-0.25, -0.2) is 8.78 Å². The molecule has 0 saturated carbocycles. The highest BCUT2D eigenvalue weighted by atomic mass is 35.5. The Kier molecular flexibility index (Phi) is 9.16. The number of rotatable bonds is 7. The molecule has 0 radical (unpaired) electrons. The second kappa shape index (κ2) is 9.41. The van der Waals surface area contributed by atoms with E-state index in [4.69, 9.17) is 15.2 Å². The molecule has 0 unspecified atom stereocenters. The van der Waals surface area contributed by atoms with Crippen molar-refractivity contribution in [1.82, 2.24) is 5.32 Å². The highest BCUT2D eigenvalue weighted by molar-refractivity contribution is 5.85. The first-order chi connectivity index (χ1) is 8.53. The average Bonchev–Trinajstić information content (AvgIpc) is 2.38. The molecular weight excluding hydrogens is 282 g/mol. The fourth-order valence-corrected chi connectivity index (χ4v) is 1.55. The van der Waals surface area contributed by atoms with Crippen molar-refractivity contribution in [1.29, 1.82) is 0 Å². The second-order valence-corrected chi connectivity index (χ2v) is 4.27. The van der Waals surface area contributed by atoms with E-state index in [1.165, 1.54) is 0 Å². The third kappa shape index (κ3) is 8.30. The SMILES string of the molecule is Cl.NCC(F)(F)CNC(=O)CCOC1CCOCC1. The van der Waals surface area contributed by atoms with E-state index < -0.39 is 24.9 Å². The first-order valence-corrected chi connectivity index (χ1v) is 6.07. The maximum Gasteiger partial charge on any atom is 0.277 e. The standard InChI is InChI=1S/C11H20F2N2O3.ClH/c12-11(13,7-14)8-15-10(16)3-6-18-9-1-4-17-5-2-9;/h9H,1-8,14H2,(H,15,16);1H. The number of carbonyl (C=O) groups excluding carboxylic acids is 1. The molecule has 1 aliphatic heterocycles. The van der Waals surface area contributed by atoms with Crippen LogP contribution in [0.2, 0.25) is 0 Å². The van der Waals surface area contributed by atoms with Gasteiger partial charge in [0.25, 0.3) is 5.92 Å². The van der Waals surface area contributed by atoms with Crippen LogP contribution in [-0.2, 0) is 14.3 Å². The van der Waals surface area contributed by atoms with Crippen molar-refractivity contribution in [2.45, 2.75) is 31.3 Å². The predicted octanol–water partition coefficient (Wildman–Crippen LogP) is 0.704. The zero-order chi connectivity index (χ0) is 13.4. The maximum atomic E-state index is 12.7. The summed E-state index contributed by atoms with van der Waals surface area (Å²) in [7, 11) is 0. The van der Waals surface area contributed by atoms with Gasteiger partial charge in [0.05, 0.1) is 25.8 Å². The van der Waals surface area contributed by atoms with Gasteiger partial charge in [0.1, 0.15) is 0 Å². The van der Waals surface area contributed by atoms with Crippen molar-refractivity contribution >= 4 is 18.3 Å². The van der Waals surface area contributed by atoms with Gasteiger partial charge in [0.15, 0.2) is 0 Å². The molecule has 1 heterocycles. The summed E-state index contributed by atoms with van der Waals surface area (Å²) in [6.07, 6.45) is 1.81. The Morgan fingerprint density at radius 1 is 1.42 bits per heavy atom. The lowest BCUT2D eigenvalue weighted by Gasteiger charge is -2.22. The van der Waals surface area contributed by atoms with Gasteiger partial charge in [-0.2, -0.15) is 0 Å². The summed E-state index contributed by atoms with van der Waals surface area (Å²) in [5.74, 6) is -3.49. The molecule has 0 aliphatic carbocycles. The summed E-state index contributed by atoms with van der Waals surface area (Å²) >= 11 is 0. The molecule has 0 aromatic rings. The van der Waals surface area contributed by atoms with Gasteiger partial charge in [0.2, 0.25) is 5.91 Å². The molecule has 0 bridgehead atoms. The number of alkyl halides is 2. The predicted molar refractivity (Wildman–Crippen MR) is 68.7 cm³/mol. The molecule has 1 amide bonds. The molecule has 1 fully saturated rings. The van der Waals surface area contributed by atoms with E-state index in [9.17, 15) is 13.6 Å². The van der Waals surface area contributed by atoms with E-state index in [0.717, 1.165) is 12.8 Å². The minimum Gasteiger partial charge on any atom is -0.381 e. The molecule has 0 spiro atoms. The van der Waals surface area contributed by atoms with Crippen LogP contribution in [0, 0.1) is 0 Å². The lowest BCUT2D eigenvalue weighted by Crippen LogP contribution is -2.41. The molecule has 3 N–H and O–H groups in total. The van der Waals surface area contributed by atoms with E-state index in [1.54, 1.807) is 0 Å². The Morgan fingerprint density at radius 3 is 2.63 bits per heavy atom. The molecule has 8 heteroatoms. The van der Waals surface area contributed by atoms with Crippen LogP contribution in [-0.4, -0.2) is 50.8 Å². The highest BCUT2D eigenvalue weighted by Crippen LogP contribution is 2.11. The van der Waals surface area contributed by atoms with Crippen molar-refractivity contribution in [3.63, 3.8) is 0 Å². The summed E-state index contributed by atoms with van der Waals surface area (Å²) in [5, 5.41) is 2.14. The van der Waals surface area contributed by atoms with E-state index in [2.05, 4.69) is 5.32 Å². The van der Waals surface area contributed by atoms with Crippen LogP contribution in [0.5, 0.6) is 0 Å². The highest BCUT2D eigenvalue weighted by Gasteiger charge is 2.27. The fourth-order valence-electron chi connectivity index (χ4n) is 1.55. The van der Waals surface area contributed by atoms with Crippen molar-refractivity contribution in [2.75, 3.05) is 32.9 Å². The van der Waals surface area contributed by atoms with E-state index >= 15 is 0 Å². The van der Waals surface area contributed by atoms with Crippen LogP contribution < -0.4 is 11.1 Å². The Labute approximate surface area is 117 Å². The minimum atomic E-state index is -3.04. The van der Waals surface area contributed by atoms with E-state index in [0.29, 0.717) is 13.2 Å². The van der Waals surface area contributed by atoms with Gasteiger partial charge < -0.3 is 20.5 Å². The van der Waals surface area contributed by atoms with Crippen molar-refractivity contribution in [3.8, 4) is 0 Å². The third-order valence-electron chi connectivity index (χ3n) is 2.69. The number of hydrogen-bond acceptors (Lipinski definition) is 4. The maximum absolute atomic E-state index is 12.7. The van der Waals surface area contributed by atoms with Crippen LogP contribution in [0.1, 0.15) is 19.3 Å². The number of carbonyl (C=O) groups is 1. The molecule has 114 valence electrons. The zero-order valence-electron chi connectivity index (χ0n) is 10.7. The Morgan fingerprint density at radius 2 is 2.05 bits per heavy atom. The topological polar surface area (TPSA) is 73.6 Å². The molecule has 0 atom stereocenters. The molecule has 1 rings (SSSR count). The molecule has 1 saturated heterocycles. The average molecular weight is 303 g/mol. The lowest BCUT2D eigenvalue weighted by atomic mass is 10.1. The number of halogens is 3. The summed E-state index contributed by atoms with van der Waals surface area (Å²) in [5.41, 5.74) is 4.85. The number of amides is 1. The zero-order valence-corrected chi connectivity index (χ0v) is 11.5. The van der Waals surface area contributed by atoms with Gasteiger partial charge in [0, 0.05) is 19.6 Å². The Bertz CT molecular complexity index is 264. The number of ether oxygens (including phenoxy) is 2. The Balaban J connectivity index is 0.00000324. The van der Waals surface area contributed by atoms with Crippen molar-refractivity contribution in [3.05, 3.63) is 0 Å². The summed E-state index contributed by atoms with van der Waals surface area (Å²) in [4.78, 5) is 11.3. The van der Waals surface area contributed by atoms with Crippen molar-refractivity contribution in [2.24, 2.45) is 5.73 Å². The molecule has 19 heavy (non-hydrogen) atoms. The number of nitrogens with two attached hydrogens (primary N) is 1. The summed E-state index contributed by atoms with van der Waals surface area (Å²) < 4.78 is 36.1. The largest absolute Gasteiger partial charge is 0.381 e. The smallest absolute Gasteiger partial charge is 0.277 e. The van der Waals surface area contributed by atoms with Crippen LogP contribution in [0.15, 0.2) is 0 Å². The minimum absolute atomic E-state index is 0. The molecule has 1 aliphatic rings. The van der Waals surface area contributed by atoms with Gasteiger partial charge in [-0.15, -0.1) is 12.4 Å². The quantitative estimate of drug-likeness (QED) is 0.726. The van der Waals surface area contributed by atoms with Crippen molar-refractivity contribution < 1.29 is 23.0 Å². The fraction of sp³-hybridized carbons (Fsp3) is 0.909. The van der Waals surface area contributed by atoms with Gasteiger partial charge in [-0.05, 0) is 12.8 Å². The van der Waals surface area contributed by atoms with Crippen LogP contribution >= 0.6 is 12.4 Å². The van der Waals surface area contributed by atoms with Gasteiger partial charge in [-0.3, -0.25) is 4.79 Å². The van der Waals surface area contributed by atoms with E-state index in [-0.39, 0.29) is 31.5 Å². The monoisotopic (exact) mass is 302 g/mol. The second-order valence-electron chi connectivity index (χ2n) is 4.27. The summed E-state index contributed by atoms with van der Waals surface area (Å²) in [6, 6.07) is 0. The normalized spacial score (nSPS) is 16.8. The Hall–Kier alpha value is -0.500. The molecule has 0 aromatic heterocycles. The van der Waals surface area contributed by atoms with Gasteiger partial charge in [-0.1, -0.05) is 0 Å². The van der Waals surface area contributed by atoms with E-state index in [1.807, 2.05) is 0 Å². The third-order valence-corrected chi connectivity index (χ3v) is 2.69. The lowest BCUT2D eigenvalue weighted by molar-refractivity contribution is -0.125. The van der Waals surface area contributed by atoms with Crippen LogP contribution in [0.25, 0.3) is 0 Å². The molecule has 5 nitrogen and oxygen atoms in total. The molecule has 0 aromatic carbocycles. The first-order valence-electron chi connectivity index (χ1n) is 6.07. The number of hydrogen-bond donors (Lipinski definition) is 2. The first kappa shape index (κ1) is 18.5. The molecular formula is C11H21ClF2N2O3. The summed E-state index contributed by atoms with van der Waals surface area (Å²) in [6.45, 7) is 0.0787. The van der Waals surface area contributed by atoms with Crippen LogP contribution in [0.3, 0.4) is 0 Å². The van der Waals surface area contributed by atoms with Crippen LogP contribution in [0.4, 0.5) is 8.78 Å².